The first kappa shape index (κ1) is 18.9. The molecule has 0 radical (unpaired) electrons. The van der Waals surface area contributed by atoms with Crippen LogP contribution < -0.4 is 10.2 Å². The van der Waals surface area contributed by atoms with Gasteiger partial charge in [-0.2, -0.15) is 5.10 Å². The van der Waals surface area contributed by atoms with E-state index >= 15 is 0 Å². The van der Waals surface area contributed by atoms with Gasteiger partial charge in [0.1, 0.15) is 11.5 Å². The minimum Gasteiger partial charge on any atom is -0.507 e. The first-order valence-corrected chi connectivity index (χ1v) is 7.90. The van der Waals surface area contributed by atoms with Crippen molar-refractivity contribution in [3.8, 4) is 11.5 Å². The van der Waals surface area contributed by atoms with E-state index in [0.29, 0.717) is 16.9 Å². The van der Waals surface area contributed by atoms with Gasteiger partial charge in [0.05, 0.1) is 23.7 Å². The zero-order valence-electron chi connectivity index (χ0n) is 14.4. The van der Waals surface area contributed by atoms with Gasteiger partial charge in [0.2, 0.25) is 5.91 Å². The number of carbonyl (C=O) groups excluding carboxylic acids is 1. The number of nitrogens with one attached hydrogen (secondary N) is 1. The Hall–Kier alpha value is -3.42. The molecule has 0 aliphatic rings. The summed E-state index contributed by atoms with van der Waals surface area (Å²) in [6.07, 6.45) is 1.35. The number of hydrogen-bond donors (Lipinski definition) is 2. The fourth-order valence-electron chi connectivity index (χ4n) is 2.11. The van der Waals surface area contributed by atoms with E-state index in [4.69, 9.17) is 4.74 Å². The maximum atomic E-state index is 11.8. The molecule has 1 amide bonds. The largest absolute Gasteiger partial charge is 0.507 e. The second kappa shape index (κ2) is 8.61. The van der Waals surface area contributed by atoms with Crippen molar-refractivity contribution in [1.82, 2.24) is 5.43 Å². The molecule has 0 bridgehead atoms. The lowest BCUT2D eigenvalue weighted by atomic mass is 10.1. The standard InChI is InChI=1S/C18H19N3O5/c1-12(2)26-16-8-5-14(17(22)10-16)11-19-20-18(23)9-13-3-6-15(7-4-13)21(24)25/h3-8,10-12,22H,9H2,1-2H3,(H,20,23)/b19-11-. The number of hydrazone groups is 1. The monoisotopic (exact) mass is 357 g/mol. The molecule has 8 nitrogen and oxygen atoms in total. The van der Waals surface area contributed by atoms with Crippen LogP contribution in [0.5, 0.6) is 11.5 Å². The summed E-state index contributed by atoms with van der Waals surface area (Å²) in [5.74, 6) is 0.141. The maximum Gasteiger partial charge on any atom is 0.269 e. The Morgan fingerprint density at radius 3 is 2.58 bits per heavy atom. The van der Waals surface area contributed by atoms with Crippen LogP contribution in [0.3, 0.4) is 0 Å². The molecular formula is C18H19N3O5. The van der Waals surface area contributed by atoms with Crippen molar-refractivity contribution in [2.24, 2.45) is 5.10 Å². The predicted molar refractivity (Wildman–Crippen MR) is 96.4 cm³/mol. The second-order valence-corrected chi connectivity index (χ2v) is 5.78. The Morgan fingerprint density at radius 2 is 2.00 bits per heavy atom. The number of nitro groups is 1. The van der Waals surface area contributed by atoms with Gasteiger partial charge in [0.15, 0.2) is 0 Å². The number of rotatable bonds is 7. The van der Waals surface area contributed by atoms with Crippen molar-refractivity contribution in [3.63, 3.8) is 0 Å². The second-order valence-electron chi connectivity index (χ2n) is 5.78. The molecule has 0 aromatic heterocycles. The highest BCUT2D eigenvalue weighted by Gasteiger charge is 2.07. The van der Waals surface area contributed by atoms with Crippen molar-refractivity contribution < 1.29 is 19.6 Å². The Bertz CT molecular complexity index is 816. The molecule has 0 saturated heterocycles. The number of aromatic hydroxyl groups is 1. The SMILES string of the molecule is CC(C)Oc1ccc(/C=N\NC(=O)Cc2ccc([N+](=O)[O-])cc2)c(O)c1. The van der Waals surface area contributed by atoms with Gasteiger partial charge in [-0.15, -0.1) is 0 Å². The van der Waals surface area contributed by atoms with Gasteiger partial charge in [0, 0.05) is 23.8 Å². The number of phenolic OH excluding ortho intramolecular Hbond substituents is 1. The normalized spacial score (nSPS) is 10.9. The zero-order chi connectivity index (χ0) is 19.1. The van der Waals surface area contributed by atoms with Crippen molar-refractivity contribution >= 4 is 17.8 Å². The van der Waals surface area contributed by atoms with Gasteiger partial charge in [0.25, 0.3) is 5.69 Å². The molecule has 0 spiro atoms. The van der Waals surface area contributed by atoms with E-state index in [2.05, 4.69) is 10.5 Å². The molecule has 2 aromatic carbocycles. The Morgan fingerprint density at radius 1 is 1.31 bits per heavy atom. The number of hydrogen-bond acceptors (Lipinski definition) is 6. The summed E-state index contributed by atoms with van der Waals surface area (Å²) in [5.41, 5.74) is 3.36. The van der Waals surface area contributed by atoms with Crippen molar-refractivity contribution in [2.75, 3.05) is 0 Å². The molecule has 0 heterocycles. The molecule has 0 aliphatic carbocycles. The third-order valence-electron chi connectivity index (χ3n) is 3.28. The lowest BCUT2D eigenvalue weighted by Gasteiger charge is -2.10. The van der Waals surface area contributed by atoms with Crippen LogP contribution in [0.4, 0.5) is 5.69 Å². The number of amides is 1. The van der Waals surface area contributed by atoms with Gasteiger partial charge >= 0.3 is 0 Å². The maximum absolute atomic E-state index is 11.8. The summed E-state index contributed by atoms with van der Waals surface area (Å²) >= 11 is 0. The van der Waals surface area contributed by atoms with Crippen molar-refractivity contribution in [2.45, 2.75) is 26.4 Å². The molecule has 0 saturated carbocycles. The molecular weight excluding hydrogens is 338 g/mol. The third kappa shape index (κ3) is 5.59. The molecule has 0 aliphatic heterocycles. The van der Waals surface area contributed by atoms with Gasteiger partial charge in [-0.1, -0.05) is 12.1 Å². The quantitative estimate of drug-likeness (QED) is 0.449. The van der Waals surface area contributed by atoms with Crippen LogP contribution in [0.25, 0.3) is 0 Å². The first-order valence-electron chi connectivity index (χ1n) is 7.90. The fraction of sp³-hybridized carbons (Fsp3) is 0.222. The number of benzene rings is 2. The number of phenols is 1. The van der Waals surface area contributed by atoms with Gasteiger partial charge < -0.3 is 9.84 Å². The number of nitrogens with zero attached hydrogens (tertiary/aromatic N) is 2. The summed E-state index contributed by atoms with van der Waals surface area (Å²) in [6, 6.07) is 10.5. The van der Waals surface area contributed by atoms with E-state index in [1.165, 1.54) is 36.5 Å². The highest BCUT2D eigenvalue weighted by atomic mass is 16.6. The van der Waals surface area contributed by atoms with Crippen LogP contribution in [0.2, 0.25) is 0 Å². The summed E-state index contributed by atoms with van der Waals surface area (Å²) in [6.45, 7) is 3.76. The topological polar surface area (TPSA) is 114 Å². The molecule has 8 heteroatoms. The molecule has 2 N–H and O–H groups in total. The lowest BCUT2D eigenvalue weighted by molar-refractivity contribution is -0.384. The van der Waals surface area contributed by atoms with Gasteiger partial charge in [-0.25, -0.2) is 5.43 Å². The number of ether oxygens (including phenoxy) is 1. The van der Waals surface area contributed by atoms with E-state index in [1.807, 2.05) is 13.8 Å². The summed E-state index contributed by atoms with van der Waals surface area (Å²) in [5, 5.41) is 24.3. The molecule has 136 valence electrons. The van der Waals surface area contributed by atoms with Crippen LogP contribution >= 0.6 is 0 Å². The average molecular weight is 357 g/mol. The number of carbonyl (C=O) groups is 1. The Balaban J connectivity index is 1.91. The summed E-state index contributed by atoms with van der Waals surface area (Å²) < 4.78 is 5.47. The van der Waals surface area contributed by atoms with Crippen molar-refractivity contribution in [3.05, 3.63) is 63.7 Å². The van der Waals surface area contributed by atoms with Gasteiger partial charge in [-0.05, 0) is 31.5 Å². The zero-order valence-corrected chi connectivity index (χ0v) is 14.4. The molecule has 0 atom stereocenters. The molecule has 26 heavy (non-hydrogen) atoms. The van der Waals surface area contributed by atoms with E-state index in [-0.39, 0.29) is 29.9 Å². The summed E-state index contributed by atoms with van der Waals surface area (Å²) in [7, 11) is 0. The Labute approximate surface area is 150 Å². The van der Waals surface area contributed by atoms with Crippen molar-refractivity contribution in [1.29, 1.82) is 0 Å². The molecule has 2 rings (SSSR count). The van der Waals surface area contributed by atoms with Crippen LogP contribution in [0, 0.1) is 10.1 Å². The van der Waals surface area contributed by atoms with E-state index in [9.17, 15) is 20.0 Å². The first-order chi connectivity index (χ1) is 12.3. The van der Waals surface area contributed by atoms with Crippen LogP contribution in [0.1, 0.15) is 25.0 Å². The highest BCUT2D eigenvalue weighted by Crippen LogP contribution is 2.23. The minimum absolute atomic E-state index is 0.00683. The van der Waals surface area contributed by atoms with Crippen LogP contribution in [-0.4, -0.2) is 28.3 Å². The highest BCUT2D eigenvalue weighted by molar-refractivity contribution is 5.85. The third-order valence-corrected chi connectivity index (χ3v) is 3.28. The van der Waals surface area contributed by atoms with E-state index in [0.717, 1.165) is 0 Å². The molecule has 0 unspecified atom stereocenters. The summed E-state index contributed by atoms with van der Waals surface area (Å²) in [4.78, 5) is 21.9. The smallest absolute Gasteiger partial charge is 0.269 e. The van der Waals surface area contributed by atoms with E-state index < -0.39 is 4.92 Å². The van der Waals surface area contributed by atoms with E-state index in [1.54, 1.807) is 12.1 Å². The predicted octanol–water partition coefficient (Wildman–Crippen LogP) is 2.78. The van der Waals surface area contributed by atoms with Gasteiger partial charge in [-0.3, -0.25) is 14.9 Å². The molecule has 0 fully saturated rings. The fourth-order valence-corrected chi connectivity index (χ4v) is 2.11. The molecule has 2 aromatic rings. The average Bonchev–Trinajstić information content (AvgIpc) is 2.56. The lowest BCUT2D eigenvalue weighted by Crippen LogP contribution is -2.19. The number of non-ortho nitro benzene ring substituents is 1. The van der Waals surface area contributed by atoms with Crippen LogP contribution in [0.15, 0.2) is 47.6 Å². The minimum atomic E-state index is -0.502. The van der Waals surface area contributed by atoms with Crippen LogP contribution in [-0.2, 0) is 11.2 Å². The number of nitro benzene ring substituents is 1. The Kier molecular flexibility index (Phi) is 6.26.